The summed E-state index contributed by atoms with van der Waals surface area (Å²) in [6.45, 7) is 0.107. The number of anilines is 3. The lowest BCUT2D eigenvalue weighted by molar-refractivity contribution is 0.0271. The summed E-state index contributed by atoms with van der Waals surface area (Å²) in [5.74, 6) is 0.782. The highest BCUT2D eigenvalue weighted by atomic mass is 19.1. The van der Waals surface area contributed by atoms with E-state index in [4.69, 9.17) is 4.74 Å². The minimum atomic E-state index is -1.10. The molecule has 36 heavy (non-hydrogen) atoms. The molecule has 3 N–H and O–H groups in total. The number of aromatic nitrogens is 5. The monoisotopic (exact) mass is 490 g/mol. The number of carbonyl (C=O) groups is 1. The Labute approximate surface area is 204 Å². The molecule has 0 saturated heterocycles. The molecule has 1 saturated carbocycles. The predicted molar refractivity (Wildman–Crippen MR) is 131 cm³/mol. The van der Waals surface area contributed by atoms with E-state index in [9.17, 15) is 14.0 Å². The molecule has 0 spiro atoms. The average Bonchev–Trinajstić information content (AvgIpc) is 3.46. The van der Waals surface area contributed by atoms with Crippen LogP contribution in [0.15, 0.2) is 53.8 Å². The summed E-state index contributed by atoms with van der Waals surface area (Å²) in [5.41, 5.74) is 1.96. The first kappa shape index (κ1) is 22.2. The van der Waals surface area contributed by atoms with Crippen LogP contribution in [0.3, 0.4) is 0 Å². The van der Waals surface area contributed by atoms with E-state index in [1.165, 1.54) is 15.5 Å². The molecular formula is C24H23FN8O3. The van der Waals surface area contributed by atoms with Gasteiger partial charge in [0.15, 0.2) is 5.65 Å². The van der Waals surface area contributed by atoms with Gasteiger partial charge in [-0.3, -0.25) is 9.36 Å². The highest BCUT2D eigenvalue weighted by molar-refractivity contribution is 5.94. The van der Waals surface area contributed by atoms with Crippen molar-refractivity contribution in [3.63, 3.8) is 0 Å². The lowest BCUT2D eigenvalue weighted by Crippen LogP contribution is -2.43. The van der Waals surface area contributed by atoms with Crippen LogP contribution in [0.1, 0.15) is 18.4 Å². The van der Waals surface area contributed by atoms with Gasteiger partial charge in [-0.2, -0.15) is 0 Å². The molecule has 1 unspecified atom stereocenters. The molecule has 4 aromatic rings. The summed E-state index contributed by atoms with van der Waals surface area (Å²) in [5, 5.41) is 9.03. The van der Waals surface area contributed by atoms with E-state index in [1.807, 2.05) is 0 Å². The van der Waals surface area contributed by atoms with Gasteiger partial charge in [-0.05, 0) is 23.8 Å². The van der Waals surface area contributed by atoms with E-state index < -0.39 is 24.3 Å². The first-order chi connectivity index (χ1) is 17.5. The second-order valence-corrected chi connectivity index (χ2v) is 8.82. The Morgan fingerprint density at radius 3 is 2.86 bits per heavy atom. The fourth-order valence-corrected chi connectivity index (χ4v) is 4.71. The maximum atomic E-state index is 14.4. The first-order valence-corrected chi connectivity index (χ1v) is 11.6. The van der Waals surface area contributed by atoms with Gasteiger partial charge in [0.1, 0.15) is 35.3 Å². The quantitative estimate of drug-likeness (QED) is 0.391. The van der Waals surface area contributed by atoms with Crippen LogP contribution in [-0.4, -0.2) is 55.5 Å². The number of carbonyl (C=O) groups excluding carboxylic acids is 1. The van der Waals surface area contributed by atoms with Crippen LogP contribution in [-0.2, 0) is 11.3 Å². The van der Waals surface area contributed by atoms with Crippen LogP contribution < -0.4 is 21.5 Å². The summed E-state index contributed by atoms with van der Waals surface area (Å²) in [6, 6.07) is 7.67. The number of alkyl halides is 1. The smallest absolute Gasteiger partial charge is 0.328 e. The van der Waals surface area contributed by atoms with Crippen LogP contribution in [0.4, 0.5) is 26.4 Å². The summed E-state index contributed by atoms with van der Waals surface area (Å²) in [7, 11) is 1.73. The fraction of sp³-hybridized carbons (Fsp3) is 0.292. The number of nitrogens with zero attached hydrogens (tertiary/aromatic N) is 5. The van der Waals surface area contributed by atoms with Crippen molar-refractivity contribution < 1.29 is 13.9 Å². The summed E-state index contributed by atoms with van der Waals surface area (Å²) in [6.07, 6.45) is 3.29. The van der Waals surface area contributed by atoms with Crippen molar-refractivity contribution in [3.8, 4) is 5.82 Å². The molecule has 4 aromatic heterocycles. The van der Waals surface area contributed by atoms with Crippen molar-refractivity contribution in [3.05, 3.63) is 65.0 Å². The average molecular weight is 490 g/mol. The van der Waals surface area contributed by atoms with E-state index in [0.29, 0.717) is 28.4 Å². The molecule has 184 valence electrons. The number of hydrogen-bond donors (Lipinski definition) is 3. The Morgan fingerprint density at radius 2 is 2.06 bits per heavy atom. The van der Waals surface area contributed by atoms with Crippen molar-refractivity contribution in [1.29, 1.82) is 0 Å². The number of halogens is 1. The topological polar surface area (TPSA) is 128 Å². The zero-order valence-corrected chi connectivity index (χ0v) is 19.3. The predicted octanol–water partition coefficient (Wildman–Crippen LogP) is 2.72. The van der Waals surface area contributed by atoms with Crippen molar-refractivity contribution >= 4 is 34.4 Å². The van der Waals surface area contributed by atoms with E-state index in [-0.39, 0.29) is 36.3 Å². The van der Waals surface area contributed by atoms with Gasteiger partial charge in [0.05, 0.1) is 24.4 Å². The van der Waals surface area contributed by atoms with Crippen LogP contribution in [0.2, 0.25) is 0 Å². The van der Waals surface area contributed by atoms with Gasteiger partial charge in [0.25, 0.3) is 5.56 Å². The van der Waals surface area contributed by atoms with Crippen molar-refractivity contribution in [1.82, 2.24) is 29.4 Å². The minimum absolute atomic E-state index is 0.107. The summed E-state index contributed by atoms with van der Waals surface area (Å²) < 4.78 is 23.1. The van der Waals surface area contributed by atoms with Crippen LogP contribution in [0.25, 0.3) is 17.0 Å². The van der Waals surface area contributed by atoms with Crippen LogP contribution >= 0.6 is 0 Å². The van der Waals surface area contributed by atoms with Gasteiger partial charge in [-0.1, -0.05) is 6.07 Å². The maximum absolute atomic E-state index is 14.4. The third kappa shape index (κ3) is 3.85. The van der Waals surface area contributed by atoms with Gasteiger partial charge in [0.2, 0.25) is 0 Å². The largest absolute Gasteiger partial charge is 0.386 e. The fourth-order valence-electron chi connectivity index (χ4n) is 4.71. The molecular weight excluding hydrogens is 467 g/mol. The molecule has 1 aliphatic heterocycles. The third-order valence-electron chi connectivity index (χ3n) is 6.45. The van der Waals surface area contributed by atoms with Gasteiger partial charge in [-0.25, -0.2) is 28.7 Å². The van der Waals surface area contributed by atoms with E-state index >= 15 is 0 Å². The van der Waals surface area contributed by atoms with Gasteiger partial charge in [-0.15, -0.1) is 0 Å². The molecule has 1 aliphatic carbocycles. The molecule has 4 bridgehead atoms. The Bertz CT molecular complexity index is 1520. The number of rotatable bonds is 2. The maximum Gasteiger partial charge on any atom is 0.328 e. The number of imidazole rings is 1. The number of ether oxygens (including phenoxy) is 1. The highest BCUT2D eigenvalue weighted by Crippen LogP contribution is 2.29. The van der Waals surface area contributed by atoms with E-state index in [0.717, 1.165) is 0 Å². The van der Waals surface area contributed by atoms with Gasteiger partial charge >= 0.3 is 6.03 Å². The van der Waals surface area contributed by atoms with E-state index in [1.54, 1.807) is 49.8 Å². The Kier molecular flexibility index (Phi) is 5.37. The number of hydrogen-bond acceptors (Lipinski definition) is 8. The second-order valence-electron chi connectivity index (χ2n) is 8.82. The molecule has 0 radical (unpaired) electrons. The SMILES string of the molecule is CNc1cc2nc3c1ncn3C(=O)N[C@@H]1C[C@@H](F)CC1OCc1cc(c(=O)n(-c3ccccn3)c1)N2. The Hall–Kier alpha value is -4.32. The third-order valence-corrected chi connectivity index (χ3v) is 6.45. The Balaban J connectivity index is 1.54. The molecule has 2 aliphatic rings. The summed E-state index contributed by atoms with van der Waals surface area (Å²) >= 11 is 0. The number of fused-ring (bicyclic) bond motifs is 4. The molecule has 12 heteroatoms. The Morgan fingerprint density at radius 1 is 1.17 bits per heavy atom. The van der Waals surface area contributed by atoms with Crippen molar-refractivity contribution in [2.75, 3.05) is 17.7 Å². The normalized spacial score (nSPS) is 21.5. The van der Waals surface area contributed by atoms with Crippen molar-refractivity contribution in [2.24, 2.45) is 0 Å². The zero-order valence-electron chi connectivity index (χ0n) is 19.3. The highest BCUT2D eigenvalue weighted by Gasteiger charge is 2.37. The van der Waals surface area contributed by atoms with Gasteiger partial charge in [0, 0.05) is 38.3 Å². The van der Waals surface area contributed by atoms with E-state index in [2.05, 4.69) is 30.9 Å². The van der Waals surface area contributed by atoms with Crippen LogP contribution in [0.5, 0.6) is 0 Å². The molecule has 11 nitrogen and oxygen atoms in total. The molecule has 6 rings (SSSR count). The lowest BCUT2D eigenvalue weighted by Gasteiger charge is -2.22. The number of pyridine rings is 3. The molecule has 1 amide bonds. The number of amides is 1. The van der Waals surface area contributed by atoms with Gasteiger partial charge < -0.3 is 20.7 Å². The number of nitrogens with one attached hydrogen (secondary N) is 3. The van der Waals surface area contributed by atoms with Crippen molar-refractivity contribution in [2.45, 2.75) is 37.8 Å². The standard InChI is InChI=1S/C24H23FN8O3/c1-26-16-9-19-29-17-6-13(10-32(23(17)34)20-4-2-3-5-27-20)11-36-18-8-14(25)7-15(18)30-24(35)33-12-28-21(16)22(33)31-19/h2-6,9-10,12,14-15,18H,7-8,11H2,1H3,(H,30,35)(H2,26,29,31)/t14-,15-,18?/m1/s1. The minimum Gasteiger partial charge on any atom is -0.386 e. The lowest BCUT2D eigenvalue weighted by atomic mass is 10.2. The molecule has 0 aromatic carbocycles. The molecule has 1 fully saturated rings. The summed E-state index contributed by atoms with van der Waals surface area (Å²) in [4.78, 5) is 39.8. The molecule has 5 heterocycles. The molecule has 3 atom stereocenters. The zero-order chi connectivity index (χ0) is 24.8. The second kappa shape index (κ2) is 8.72. The van der Waals surface area contributed by atoms with Crippen LogP contribution in [0, 0.1) is 0 Å². The first-order valence-electron chi connectivity index (χ1n) is 11.6.